The number of aliphatic hydroxyl groups excluding tert-OH is 1. The molecule has 2 aromatic heterocycles. The summed E-state index contributed by atoms with van der Waals surface area (Å²) in [5.41, 5.74) is -1.95. The monoisotopic (exact) mass is 479 g/mol. The number of aliphatic hydroxyl groups is 2. The molecule has 3 aromatic rings. The van der Waals surface area contributed by atoms with Crippen LogP contribution in [-0.2, 0) is 4.74 Å². The molecule has 0 unspecified atom stereocenters. The Balaban J connectivity index is 1.59. The van der Waals surface area contributed by atoms with Crippen LogP contribution in [0, 0.1) is 11.6 Å². The van der Waals surface area contributed by atoms with E-state index in [1.165, 1.54) is 43.8 Å². The van der Waals surface area contributed by atoms with Crippen molar-refractivity contribution >= 4 is 22.9 Å². The fraction of sp³-hybridized carbons (Fsp3) is 0.318. The number of halogens is 3. The number of pyridine rings is 1. The first-order valence-electron chi connectivity index (χ1n) is 9.96. The van der Waals surface area contributed by atoms with E-state index in [-0.39, 0.29) is 27.5 Å². The van der Waals surface area contributed by atoms with Gasteiger partial charge in [0, 0.05) is 17.1 Å². The van der Waals surface area contributed by atoms with Crippen molar-refractivity contribution in [1.82, 2.24) is 9.97 Å². The number of rotatable bonds is 4. The van der Waals surface area contributed by atoms with Gasteiger partial charge in [-0.05, 0) is 32.0 Å². The Kier molecular flexibility index (Phi) is 6.23. The van der Waals surface area contributed by atoms with E-state index in [0.29, 0.717) is 0 Å². The lowest BCUT2D eigenvalue weighted by Crippen LogP contribution is -2.59. The Morgan fingerprint density at radius 3 is 2.67 bits per heavy atom. The van der Waals surface area contributed by atoms with E-state index in [1.54, 1.807) is 0 Å². The van der Waals surface area contributed by atoms with Crippen molar-refractivity contribution in [2.24, 2.45) is 0 Å². The molecule has 1 saturated heterocycles. The van der Waals surface area contributed by atoms with Gasteiger partial charge in [0.15, 0.2) is 6.17 Å². The highest BCUT2D eigenvalue weighted by Crippen LogP contribution is 2.41. The molecule has 0 radical (unpaired) electrons. The number of alkyl halides is 1. The van der Waals surface area contributed by atoms with E-state index in [4.69, 9.17) is 4.74 Å². The zero-order chi connectivity index (χ0) is 23.9. The van der Waals surface area contributed by atoms with E-state index in [1.807, 2.05) is 0 Å². The highest BCUT2D eigenvalue weighted by atomic mass is 32.1. The molecule has 0 saturated carbocycles. The summed E-state index contributed by atoms with van der Waals surface area (Å²) in [5, 5.41) is 24.4. The van der Waals surface area contributed by atoms with Crippen molar-refractivity contribution in [2.75, 3.05) is 5.32 Å². The van der Waals surface area contributed by atoms with E-state index in [0.717, 1.165) is 23.5 Å². The minimum absolute atomic E-state index is 0.0132. The third-order valence-corrected chi connectivity index (χ3v) is 6.55. The van der Waals surface area contributed by atoms with Crippen LogP contribution in [0.15, 0.2) is 42.0 Å². The summed E-state index contributed by atoms with van der Waals surface area (Å²) in [7, 11) is 0. The molecule has 174 valence electrons. The lowest BCUT2D eigenvalue weighted by molar-refractivity contribution is -0.245. The molecule has 4 rings (SSSR count). The van der Waals surface area contributed by atoms with Crippen LogP contribution in [0.3, 0.4) is 0 Å². The van der Waals surface area contributed by atoms with Crippen molar-refractivity contribution in [2.45, 2.75) is 43.9 Å². The molecule has 1 fully saturated rings. The number of anilines is 1. The van der Waals surface area contributed by atoms with E-state index in [9.17, 15) is 28.2 Å². The predicted molar refractivity (Wildman–Crippen MR) is 114 cm³/mol. The number of ether oxygens (including phenoxy) is 1. The van der Waals surface area contributed by atoms with Gasteiger partial charge in [0.05, 0.1) is 23.6 Å². The number of hydrogen-bond acceptors (Lipinski definition) is 7. The van der Waals surface area contributed by atoms with Crippen LogP contribution in [0.1, 0.15) is 36.0 Å². The lowest BCUT2D eigenvalue weighted by atomic mass is 9.83. The maximum Gasteiger partial charge on any atom is 0.275 e. The van der Waals surface area contributed by atoms with Crippen LogP contribution < -0.4 is 5.32 Å². The van der Waals surface area contributed by atoms with Crippen molar-refractivity contribution in [3.63, 3.8) is 0 Å². The summed E-state index contributed by atoms with van der Waals surface area (Å²) in [5.74, 6) is -2.33. The fourth-order valence-corrected chi connectivity index (χ4v) is 4.39. The zero-order valence-electron chi connectivity index (χ0n) is 17.5. The molecule has 5 atom stereocenters. The van der Waals surface area contributed by atoms with Gasteiger partial charge in [-0.25, -0.2) is 18.2 Å². The highest BCUT2D eigenvalue weighted by molar-refractivity contribution is 7.13. The van der Waals surface area contributed by atoms with Gasteiger partial charge < -0.3 is 20.3 Å². The second kappa shape index (κ2) is 8.82. The van der Waals surface area contributed by atoms with Gasteiger partial charge in [-0.2, -0.15) is 0 Å². The first kappa shape index (κ1) is 23.3. The minimum Gasteiger partial charge on any atom is -0.387 e. The first-order valence-corrected chi connectivity index (χ1v) is 10.8. The number of hydrogen-bond donors (Lipinski definition) is 3. The van der Waals surface area contributed by atoms with Crippen LogP contribution in [0.5, 0.6) is 0 Å². The molecular weight excluding hydrogens is 459 g/mol. The average Bonchev–Trinajstić information content (AvgIpc) is 3.25. The lowest BCUT2D eigenvalue weighted by Gasteiger charge is -2.45. The average molecular weight is 479 g/mol. The van der Waals surface area contributed by atoms with Gasteiger partial charge >= 0.3 is 0 Å². The summed E-state index contributed by atoms with van der Waals surface area (Å²) in [4.78, 5) is 20.7. The molecule has 0 bridgehead atoms. The van der Waals surface area contributed by atoms with E-state index >= 15 is 0 Å². The van der Waals surface area contributed by atoms with E-state index < -0.39 is 47.6 Å². The SMILES string of the molecule is C[C@@H]1O[C@H](c2ccncc2NC(=O)c2csc(-c3c(F)cccc3F)n2)[C@H](F)[C@H](O)[C@@]1(C)O. The van der Waals surface area contributed by atoms with Crippen LogP contribution in [0.2, 0.25) is 0 Å². The van der Waals surface area contributed by atoms with Crippen LogP contribution in [0.4, 0.5) is 18.9 Å². The summed E-state index contributed by atoms with van der Waals surface area (Å²) in [6.07, 6.45) is -3.25. The summed E-state index contributed by atoms with van der Waals surface area (Å²) in [6, 6.07) is 4.83. The number of amides is 1. The normalized spacial score (nSPS) is 27.4. The maximum atomic E-state index is 15.0. The molecule has 1 aromatic carbocycles. The Morgan fingerprint density at radius 2 is 1.97 bits per heavy atom. The van der Waals surface area contributed by atoms with Crippen molar-refractivity contribution in [3.8, 4) is 10.6 Å². The number of nitrogens with zero attached hydrogens (tertiary/aromatic N) is 2. The summed E-state index contributed by atoms with van der Waals surface area (Å²) >= 11 is 0.890. The van der Waals surface area contributed by atoms with Crippen LogP contribution in [0.25, 0.3) is 10.6 Å². The molecule has 0 spiro atoms. The summed E-state index contributed by atoms with van der Waals surface area (Å²) in [6.45, 7) is 2.78. The third-order valence-electron chi connectivity index (χ3n) is 5.69. The topological polar surface area (TPSA) is 105 Å². The second-order valence-corrected chi connectivity index (χ2v) is 8.72. The third kappa shape index (κ3) is 4.24. The summed E-state index contributed by atoms with van der Waals surface area (Å²) < 4.78 is 48.7. The molecule has 33 heavy (non-hydrogen) atoms. The van der Waals surface area contributed by atoms with Crippen molar-refractivity contribution in [1.29, 1.82) is 0 Å². The van der Waals surface area contributed by atoms with Gasteiger partial charge in [-0.1, -0.05) is 6.07 Å². The number of aromatic nitrogens is 2. The molecule has 11 heteroatoms. The van der Waals surface area contributed by atoms with Crippen LogP contribution >= 0.6 is 11.3 Å². The Bertz CT molecular complexity index is 1170. The van der Waals surface area contributed by atoms with Gasteiger partial charge in [-0.3, -0.25) is 9.78 Å². The Labute approximate surface area is 190 Å². The second-order valence-electron chi connectivity index (χ2n) is 7.87. The first-order chi connectivity index (χ1) is 15.6. The zero-order valence-corrected chi connectivity index (χ0v) is 18.3. The van der Waals surface area contributed by atoms with Crippen molar-refractivity contribution < 1.29 is 32.9 Å². The standard InChI is InChI=1S/C22H20F3N3O4S/c1-10-22(2,31)19(29)17(25)18(32-10)11-6-7-26-8-14(11)27-20(30)15-9-33-21(28-15)16-12(23)4-3-5-13(16)24/h3-10,17-19,29,31H,1-2H3,(H,27,30)/t10-,17-,18+,19-,22-/m0/s1. The largest absolute Gasteiger partial charge is 0.387 e. The van der Waals surface area contributed by atoms with Gasteiger partial charge in [0.1, 0.15) is 40.1 Å². The molecule has 3 heterocycles. The molecule has 1 aliphatic heterocycles. The maximum absolute atomic E-state index is 15.0. The fourth-order valence-electron chi connectivity index (χ4n) is 3.55. The Hall–Kier alpha value is -2.86. The highest BCUT2D eigenvalue weighted by Gasteiger charge is 2.51. The molecule has 7 nitrogen and oxygen atoms in total. The van der Waals surface area contributed by atoms with E-state index in [2.05, 4.69) is 15.3 Å². The van der Waals surface area contributed by atoms with Gasteiger partial charge in [0.25, 0.3) is 5.91 Å². The smallest absolute Gasteiger partial charge is 0.275 e. The molecular formula is C22H20F3N3O4S. The quantitative estimate of drug-likeness (QED) is 0.528. The van der Waals surface area contributed by atoms with Crippen LogP contribution in [-0.4, -0.2) is 50.1 Å². The van der Waals surface area contributed by atoms with Gasteiger partial charge in [0.2, 0.25) is 0 Å². The minimum atomic E-state index is -1.98. The number of carbonyl (C=O) groups is 1. The molecule has 0 aliphatic carbocycles. The predicted octanol–water partition coefficient (Wildman–Crippen LogP) is 3.65. The number of nitrogens with one attached hydrogen (secondary N) is 1. The number of carbonyl (C=O) groups excluding carboxylic acids is 1. The molecule has 1 aliphatic rings. The Morgan fingerprint density at radius 1 is 1.27 bits per heavy atom. The molecule has 1 amide bonds. The van der Waals surface area contributed by atoms with Gasteiger partial charge in [-0.15, -0.1) is 11.3 Å². The number of thiazole rings is 1. The molecule has 3 N–H and O–H groups in total. The van der Waals surface area contributed by atoms with Crippen molar-refractivity contribution in [3.05, 3.63) is 64.9 Å². The number of benzene rings is 1.